The summed E-state index contributed by atoms with van der Waals surface area (Å²) in [4.78, 5) is 2.47. The molecule has 0 bridgehead atoms. The standard InChI is InChI=1S/C21H31N5O/c1-3-26-20(23-24-21(26)16-12-17(22)13-16)14-25-9-7-18(8-10-25)27-19-6-4-5-15(2)11-19/h4-6,11,16-18H,3,7-10,12-14,22H2,1-2H3. The summed E-state index contributed by atoms with van der Waals surface area (Å²) in [5.74, 6) is 3.70. The van der Waals surface area contributed by atoms with Gasteiger partial charge in [-0.1, -0.05) is 12.1 Å². The summed E-state index contributed by atoms with van der Waals surface area (Å²) < 4.78 is 8.47. The molecule has 6 nitrogen and oxygen atoms in total. The number of aromatic nitrogens is 3. The number of aryl methyl sites for hydroxylation is 1. The largest absolute Gasteiger partial charge is 0.490 e. The van der Waals surface area contributed by atoms with Crippen molar-refractivity contribution in [2.24, 2.45) is 5.73 Å². The zero-order valence-corrected chi connectivity index (χ0v) is 16.5. The zero-order valence-electron chi connectivity index (χ0n) is 16.5. The van der Waals surface area contributed by atoms with Gasteiger partial charge in [0, 0.05) is 31.6 Å². The number of hydrogen-bond donors (Lipinski definition) is 1. The number of nitrogens with two attached hydrogens (primary N) is 1. The Labute approximate surface area is 161 Å². The molecular formula is C21H31N5O. The van der Waals surface area contributed by atoms with Crippen molar-refractivity contribution in [1.82, 2.24) is 19.7 Å². The third-order valence-corrected chi connectivity index (χ3v) is 5.90. The number of ether oxygens (including phenoxy) is 1. The van der Waals surface area contributed by atoms with Crippen molar-refractivity contribution >= 4 is 0 Å². The van der Waals surface area contributed by atoms with Crippen molar-refractivity contribution < 1.29 is 4.74 Å². The number of nitrogens with zero attached hydrogens (tertiary/aromatic N) is 4. The van der Waals surface area contributed by atoms with Crippen molar-refractivity contribution in [3.63, 3.8) is 0 Å². The van der Waals surface area contributed by atoms with Crippen LogP contribution in [-0.4, -0.2) is 44.9 Å². The molecule has 2 aliphatic rings. The highest BCUT2D eigenvalue weighted by Gasteiger charge is 2.32. The maximum atomic E-state index is 6.18. The van der Waals surface area contributed by atoms with Crippen LogP contribution >= 0.6 is 0 Å². The summed E-state index contributed by atoms with van der Waals surface area (Å²) >= 11 is 0. The number of benzene rings is 1. The van der Waals surface area contributed by atoms with Crippen LogP contribution in [0.3, 0.4) is 0 Å². The maximum Gasteiger partial charge on any atom is 0.147 e. The van der Waals surface area contributed by atoms with Crippen molar-refractivity contribution in [2.45, 2.75) is 70.7 Å². The Morgan fingerprint density at radius 3 is 2.63 bits per heavy atom. The van der Waals surface area contributed by atoms with Gasteiger partial charge in [0.25, 0.3) is 0 Å². The molecule has 0 radical (unpaired) electrons. The molecule has 1 saturated carbocycles. The third kappa shape index (κ3) is 4.17. The fourth-order valence-electron chi connectivity index (χ4n) is 4.25. The van der Waals surface area contributed by atoms with Gasteiger partial charge in [0.15, 0.2) is 0 Å². The minimum absolute atomic E-state index is 0.305. The molecule has 2 heterocycles. The van der Waals surface area contributed by atoms with E-state index in [2.05, 4.69) is 57.8 Å². The predicted molar refractivity (Wildman–Crippen MR) is 106 cm³/mol. The van der Waals surface area contributed by atoms with Crippen molar-refractivity contribution in [1.29, 1.82) is 0 Å². The topological polar surface area (TPSA) is 69.2 Å². The lowest BCUT2D eigenvalue weighted by molar-refractivity contribution is 0.0946. The highest BCUT2D eigenvalue weighted by atomic mass is 16.5. The predicted octanol–water partition coefficient (Wildman–Crippen LogP) is 2.85. The van der Waals surface area contributed by atoms with E-state index in [1.54, 1.807) is 0 Å². The molecule has 1 aliphatic carbocycles. The van der Waals surface area contributed by atoms with Gasteiger partial charge in [-0.25, -0.2) is 0 Å². The molecule has 1 aliphatic heterocycles. The van der Waals surface area contributed by atoms with Crippen LogP contribution in [0.1, 0.15) is 55.7 Å². The number of rotatable bonds is 6. The van der Waals surface area contributed by atoms with Crippen molar-refractivity contribution in [3.05, 3.63) is 41.5 Å². The second-order valence-corrected chi connectivity index (χ2v) is 8.06. The molecule has 1 aromatic heterocycles. The normalized spacial score (nSPS) is 24.0. The van der Waals surface area contributed by atoms with E-state index in [1.165, 1.54) is 5.56 Å². The van der Waals surface area contributed by atoms with E-state index in [4.69, 9.17) is 10.5 Å². The van der Waals surface area contributed by atoms with E-state index in [1.807, 2.05) is 0 Å². The maximum absolute atomic E-state index is 6.18. The lowest BCUT2D eigenvalue weighted by Gasteiger charge is -2.33. The van der Waals surface area contributed by atoms with Gasteiger partial charge < -0.3 is 15.0 Å². The van der Waals surface area contributed by atoms with Gasteiger partial charge in [-0.05, 0) is 57.2 Å². The van der Waals surface area contributed by atoms with Crippen molar-refractivity contribution in [3.8, 4) is 5.75 Å². The summed E-state index contributed by atoms with van der Waals surface area (Å²) in [5, 5.41) is 9.00. The Morgan fingerprint density at radius 1 is 1.19 bits per heavy atom. The summed E-state index contributed by atoms with van der Waals surface area (Å²) in [7, 11) is 0. The Kier molecular flexibility index (Phi) is 5.45. The van der Waals surface area contributed by atoms with Gasteiger partial charge in [0.05, 0.1) is 6.54 Å². The molecule has 2 aromatic rings. The molecule has 2 N–H and O–H groups in total. The molecule has 2 fully saturated rings. The van der Waals surface area contributed by atoms with Crippen LogP contribution in [0.5, 0.6) is 5.75 Å². The molecule has 0 spiro atoms. The van der Waals surface area contributed by atoms with Crippen LogP contribution in [0.4, 0.5) is 0 Å². The average molecular weight is 370 g/mol. The molecule has 1 saturated heterocycles. The molecular weight excluding hydrogens is 338 g/mol. The molecule has 0 atom stereocenters. The van der Waals surface area contributed by atoms with E-state index in [-0.39, 0.29) is 0 Å². The van der Waals surface area contributed by atoms with Crippen LogP contribution in [0.15, 0.2) is 24.3 Å². The van der Waals surface area contributed by atoms with E-state index >= 15 is 0 Å². The Morgan fingerprint density at radius 2 is 1.96 bits per heavy atom. The SMILES string of the molecule is CCn1c(CN2CCC(Oc3cccc(C)c3)CC2)nnc1C1CC(N)C1. The lowest BCUT2D eigenvalue weighted by Crippen LogP contribution is -2.38. The fraction of sp³-hybridized carbons (Fsp3) is 0.619. The molecule has 1 aromatic carbocycles. The minimum atomic E-state index is 0.305. The monoisotopic (exact) mass is 369 g/mol. The average Bonchev–Trinajstić information content (AvgIpc) is 3.03. The molecule has 6 heteroatoms. The van der Waals surface area contributed by atoms with Gasteiger partial charge in [0.1, 0.15) is 23.5 Å². The molecule has 146 valence electrons. The van der Waals surface area contributed by atoms with Gasteiger partial charge >= 0.3 is 0 Å². The van der Waals surface area contributed by atoms with Gasteiger partial charge in [-0.15, -0.1) is 10.2 Å². The van der Waals surface area contributed by atoms with Gasteiger partial charge in [0.2, 0.25) is 0 Å². The van der Waals surface area contributed by atoms with Gasteiger partial charge in [-0.3, -0.25) is 4.90 Å². The third-order valence-electron chi connectivity index (χ3n) is 5.90. The fourth-order valence-corrected chi connectivity index (χ4v) is 4.25. The van der Waals surface area contributed by atoms with Crippen LogP contribution in [0.25, 0.3) is 0 Å². The van der Waals surface area contributed by atoms with E-state index in [0.29, 0.717) is 18.1 Å². The van der Waals surface area contributed by atoms with E-state index in [9.17, 15) is 0 Å². The summed E-state index contributed by atoms with van der Waals surface area (Å²) in [5.41, 5.74) is 7.20. The molecule has 0 amide bonds. The quantitative estimate of drug-likeness (QED) is 0.848. The highest BCUT2D eigenvalue weighted by molar-refractivity contribution is 5.27. The van der Waals surface area contributed by atoms with Crippen LogP contribution in [-0.2, 0) is 13.1 Å². The summed E-state index contributed by atoms with van der Waals surface area (Å²) in [6, 6.07) is 8.67. The number of likely N-dealkylation sites (tertiary alicyclic amines) is 1. The van der Waals surface area contributed by atoms with Crippen molar-refractivity contribution in [2.75, 3.05) is 13.1 Å². The highest BCUT2D eigenvalue weighted by Crippen LogP contribution is 2.35. The van der Waals surface area contributed by atoms with Gasteiger partial charge in [-0.2, -0.15) is 0 Å². The Hall–Kier alpha value is -1.92. The minimum Gasteiger partial charge on any atom is -0.490 e. The van der Waals surface area contributed by atoms with E-state index in [0.717, 1.165) is 69.3 Å². The Bertz CT molecular complexity index is 760. The summed E-state index contributed by atoms with van der Waals surface area (Å²) in [6.07, 6.45) is 4.50. The first-order valence-corrected chi connectivity index (χ1v) is 10.3. The number of piperidine rings is 1. The molecule has 0 unspecified atom stereocenters. The number of hydrogen-bond acceptors (Lipinski definition) is 5. The Balaban J connectivity index is 1.31. The summed E-state index contributed by atoms with van der Waals surface area (Å²) in [6.45, 7) is 8.16. The first-order chi connectivity index (χ1) is 13.1. The van der Waals surface area contributed by atoms with Crippen LogP contribution in [0.2, 0.25) is 0 Å². The smallest absolute Gasteiger partial charge is 0.147 e. The first kappa shape index (κ1) is 18.4. The second kappa shape index (κ2) is 7.98. The van der Waals surface area contributed by atoms with Crippen LogP contribution in [0, 0.1) is 6.92 Å². The second-order valence-electron chi connectivity index (χ2n) is 8.06. The lowest BCUT2D eigenvalue weighted by atomic mass is 9.80. The molecule has 27 heavy (non-hydrogen) atoms. The molecule has 4 rings (SSSR count). The van der Waals surface area contributed by atoms with E-state index < -0.39 is 0 Å². The van der Waals surface area contributed by atoms with Crippen LogP contribution < -0.4 is 10.5 Å². The first-order valence-electron chi connectivity index (χ1n) is 10.3. The zero-order chi connectivity index (χ0) is 18.8.